The summed E-state index contributed by atoms with van der Waals surface area (Å²) in [6, 6.07) is 66.0. The number of benzene rings is 9. The quantitative estimate of drug-likeness (QED) is 0.168. The van der Waals surface area contributed by atoms with Gasteiger partial charge in [-0.2, -0.15) is 0 Å². The Hall–Kier alpha value is -7.43. The molecule has 0 amide bonds. The molecule has 0 aliphatic heterocycles. The SMILES string of the molecule is c1ccc(-c2nc(-c3ccccc3)nc(-c3ccc(-c4ccc5c(c4)c4ccccc4c4ccc(-c6ccc7oc8ccccc8c7c6)cc45)cc3)n2)cc1. The first kappa shape index (κ1) is 31.1. The highest BCUT2D eigenvalue weighted by Gasteiger charge is 2.15. The molecule has 2 heterocycles. The van der Waals surface area contributed by atoms with E-state index in [-0.39, 0.29) is 0 Å². The van der Waals surface area contributed by atoms with Crippen LogP contribution in [-0.2, 0) is 0 Å². The van der Waals surface area contributed by atoms with Crippen molar-refractivity contribution in [2.24, 2.45) is 0 Å². The van der Waals surface area contributed by atoms with Gasteiger partial charge in [-0.15, -0.1) is 0 Å². The van der Waals surface area contributed by atoms with E-state index in [1.54, 1.807) is 0 Å². The molecular formula is C51H31N3O. The molecule has 11 aromatic rings. The monoisotopic (exact) mass is 701 g/mol. The largest absolute Gasteiger partial charge is 0.456 e. The fourth-order valence-corrected chi connectivity index (χ4v) is 7.97. The molecule has 0 saturated heterocycles. The molecule has 4 heteroatoms. The number of para-hydroxylation sites is 1. The molecule has 0 radical (unpaired) electrons. The topological polar surface area (TPSA) is 51.8 Å². The molecule has 2 aromatic heterocycles. The highest BCUT2D eigenvalue weighted by Crippen LogP contribution is 2.40. The van der Waals surface area contributed by atoms with Gasteiger partial charge in [0, 0.05) is 27.5 Å². The van der Waals surface area contributed by atoms with Crippen LogP contribution in [0.5, 0.6) is 0 Å². The summed E-state index contributed by atoms with van der Waals surface area (Å²) in [7, 11) is 0. The number of nitrogens with zero attached hydrogens (tertiary/aromatic N) is 3. The van der Waals surface area contributed by atoms with Gasteiger partial charge in [0.1, 0.15) is 11.2 Å². The molecule has 0 aliphatic carbocycles. The lowest BCUT2D eigenvalue weighted by Gasteiger charge is -2.14. The predicted molar refractivity (Wildman–Crippen MR) is 227 cm³/mol. The Morgan fingerprint density at radius 2 is 0.600 bits per heavy atom. The van der Waals surface area contributed by atoms with Crippen molar-refractivity contribution in [1.82, 2.24) is 15.0 Å². The number of fused-ring (bicyclic) bond motifs is 9. The first-order valence-corrected chi connectivity index (χ1v) is 18.5. The van der Waals surface area contributed by atoms with E-state index < -0.39 is 0 Å². The summed E-state index contributed by atoms with van der Waals surface area (Å²) in [6.07, 6.45) is 0. The van der Waals surface area contributed by atoms with Gasteiger partial charge in [0.2, 0.25) is 0 Å². The molecule has 0 spiro atoms. The summed E-state index contributed by atoms with van der Waals surface area (Å²) in [6.45, 7) is 0. The first-order valence-electron chi connectivity index (χ1n) is 18.5. The van der Waals surface area contributed by atoms with Gasteiger partial charge in [0.05, 0.1) is 0 Å². The third kappa shape index (κ3) is 5.34. The zero-order valence-electron chi connectivity index (χ0n) is 29.6. The second-order valence-corrected chi connectivity index (χ2v) is 14.0. The third-order valence-corrected chi connectivity index (χ3v) is 10.7. The molecule has 4 nitrogen and oxygen atoms in total. The van der Waals surface area contributed by atoms with Gasteiger partial charge in [-0.3, -0.25) is 0 Å². The zero-order valence-corrected chi connectivity index (χ0v) is 29.6. The summed E-state index contributed by atoms with van der Waals surface area (Å²) in [4.78, 5) is 14.7. The zero-order chi connectivity index (χ0) is 36.3. The van der Waals surface area contributed by atoms with Crippen LogP contribution in [0.1, 0.15) is 0 Å². The lowest BCUT2D eigenvalue weighted by molar-refractivity contribution is 0.669. The smallest absolute Gasteiger partial charge is 0.164 e. The first-order chi connectivity index (χ1) is 27.2. The number of rotatable bonds is 5. The molecule has 0 aliphatic rings. The Kier molecular flexibility index (Phi) is 7.14. The Balaban J connectivity index is 1.01. The van der Waals surface area contributed by atoms with Crippen molar-refractivity contribution in [3.05, 3.63) is 188 Å². The summed E-state index contributed by atoms with van der Waals surface area (Å²) < 4.78 is 6.13. The van der Waals surface area contributed by atoms with Crippen LogP contribution >= 0.6 is 0 Å². The van der Waals surface area contributed by atoms with Crippen LogP contribution in [-0.4, -0.2) is 15.0 Å². The normalized spacial score (nSPS) is 11.6. The summed E-state index contributed by atoms with van der Waals surface area (Å²) in [5, 5.41) is 9.72. The van der Waals surface area contributed by atoms with Crippen molar-refractivity contribution in [3.63, 3.8) is 0 Å². The van der Waals surface area contributed by atoms with Crippen LogP contribution in [0.4, 0.5) is 0 Å². The van der Waals surface area contributed by atoms with Crippen LogP contribution in [0.3, 0.4) is 0 Å². The second kappa shape index (κ2) is 12.6. The van der Waals surface area contributed by atoms with Gasteiger partial charge in [-0.25, -0.2) is 15.0 Å². The van der Waals surface area contributed by atoms with Crippen LogP contribution in [0, 0.1) is 0 Å². The van der Waals surface area contributed by atoms with Gasteiger partial charge in [-0.1, -0.05) is 158 Å². The third-order valence-electron chi connectivity index (χ3n) is 10.7. The number of aromatic nitrogens is 3. The minimum Gasteiger partial charge on any atom is -0.456 e. The fourth-order valence-electron chi connectivity index (χ4n) is 7.97. The molecule has 0 saturated carbocycles. The Labute approximate surface area is 317 Å². The molecule has 11 rings (SSSR count). The van der Waals surface area contributed by atoms with Crippen molar-refractivity contribution in [3.8, 4) is 56.4 Å². The van der Waals surface area contributed by atoms with E-state index in [0.717, 1.165) is 49.8 Å². The van der Waals surface area contributed by atoms with Crippen molar-refractivity contribution in [2.75, 3.05) is 0 Å². The van der Waals surface area contributed by atoms with E-state index in [1.807, 2.05) is 72.8 Å². The fraction of sp³-hybridized carbons (Fsp3) is 0. The van der Waals surface area contributed by atoms with Gasteiger partial charge < -0.3 is 4.42 Å². The number of hydrogen-bond donors (Lipinski definition) is 0. The van der Waals surface area contributed by atoms with E-state index in [0.29, 0.717) is 17.5 Å². The van der Waals surface area contributed by atoms with E-state index in [9.17, 15) is 0 Å². The van der Waals surface area contributed by atoms with Crippen molar-refractivity contribution < 1.29 is 4.42 Å². The summed E-state index contributed by atoms with van der Waals surface area (Å²) >= 11 is 0. The molecule has 0 fully saturated rings. The second-order valence-electron chi connectivity index (χ2n) is 14.0. The molecule has 0 N–H and O–H groups in total. The average molecular weight is 702 g/mol. The molecule has 256 valence electrons. The number of hydrogen-bond acceptors (Lipinski definition) is 4. The Morgan fingerprint density at radius 1 is 0.236 bits per heavy atom. The standard InChI is InChI=1S/C51H31N3O/c1-3-11-33(12-4-1)49-52-50(34-13-5-2-6-14-34)54-51(53-49)35-21-19-32(20-22-35)36-23-27-42-44(29-36)40-16-8-7-15-39(40)41-26-24-37(30-45(41)42)38-25-28-48-46(31-38)43-17-9-10-18-47(43)55-48/h1-31H. The molecule has 55 heavy (non-hydrogen) atoms. The Morgan fingerprint density at radius 3 is 1.20 bits per heavy atom. The maximum Gasteiger partial charge on any atom is 0.164 e. The van der Waals surface area contributed by atoms with Crippen LogP contribution < -0.4 is 0 Å². The maximum atomic E-state index is 6.13. The van der Waals surface area contributed by atoms with Crippen LogP contribution in [0.25, 0.3) is 111 Å². The van der Waals surface area contributed by atoms with Crippen molar-refractivity contribution in [2.45, 2.75) is 0 Å². The van der Waals surface area contributed by atoms with Crippen molar-refractivity contribution in [1.29, 1.82) is 0 Å². The lowest BCUT2D eigenvalue weighted by Crippen LogP contribution is -2.00. The molecule has 0 bridgehead atoms. The molecule has 9 aromatic carbocycles. The van der Waals surface area contributed by atoms with E-state index >= 15 is 0 Å². The van der Waals surface area contributed by atoms with E-state index in [2.05, 4.69) is 115 Å². The Bertz CT molecular complexity index is 3180. The lowest BCUT2D eigenvalue weighted by atomic mass is 9.90. The van der Waals surface area contributed by atoms with Gasteiger partial charge in [-0.05, 0) is 84.9 Å². The number of furan rings is 1. The molecular weight excluding hydrogens is 671 g/mol. The van der Waals surface area contributed by atoms with E-state index in [4.69, 9.17) is 19.4 Å². The van der Waals surface area contributed by atoms with Gasteiger partial charge in [0.25, 0.3) is 0 Å². The predicted octanol–water partition coefficient (Wildman–Crippen LogP) is 13.6. The van der Waals surface area contributed by atoms with Gasteiger partial charge >= 0.3 is 0 Å². The van der Waals surface area contributed by atoms with Gasteiger partial charge in [0.15, 0.2) is 17.5 Å². The van der Waals surface area contributed by atoms with Crippen LogP contribution in [0.2, 0.25) is 0 Å². The minimum absolute atomic E-state index is 0.645. The minimum atomic E-state index is 0.645. The van der Waals surface area contributed by atoms with E-state index in [1.165, 1.54) is 43.4 Å². The highest BCUT2D eigenvalue weighted by atomic mass is 16.3. The average Bonchev–Trinajstić information content (AvgIpc) is 3.65. The van der Waals surface area contributed by atoms with Crippen molar-refractivity contribution >= 4 is 54.3 Å². The molecule has 0 unspecified atom stereocenters. The highest BCUT2D eigenvalue weighted by molar-refractivity contribution is 6.26. The summed E-state index contributed by atoms with van der Waals surface area (Å²) in [5.41, 5.74) is 9.30. The summed E-state index contributed by atoms with van der Waals surface area (Å²) in [5.74, 6) is 1.95. The van der Waals surface area contributed by atoms with Crippen LogP contribution in [0.15, 0.2) is 192 Å². The maximum absolute atomic E-state index is 6.13. The molecule has 0 atom stereocenters.